The summed E-state index contributed by atoms with van der Waals surface area (Å²) < 4.78 is 4.98. The van der Waals surface area contributed by atoms with Gasteiger partial charge < -0.3 is 14.9 Å². The number of rotatable bonds is 2. The third-order valence-corrected chi connectivity index (χ3v) is 3.25. The van der Waals surface area contributed by atoms with Crippen LogP contribution in [0.3, 0.4) is 0 Å². The van der Waals surface area contributed by atoms with E-state index in [0.717, 1.165) is 12.0 Å². The quantitative estimate of drug-likeness (QED) is 0.472. The number of aliphatic hydroxyl groups excluding tert-OH is 2. The second-order valence-corrected chi connectivity index (χ2v) is 3.86. The molecule has 1 aliphatic heterocycles. The van der Waals surface area contributed by atoms with E-state index in [9.17, 15) is 4.79 Å². The number of allylic oxidation sites excluding steroid dienone is 1. The fraction of sp³-hybridized carbons (Fsp3) is 0.700. The lowest BCUT2D eigenvalue weighted by Crippen LogP contribution is -2.40. The summed E-state index contributed by atoms with van der Waals surface area (Å²) in [7, 11) is 0. The van der Waals surface area contributed by atoms with Crippen molar-refractivity contribution in [1.29, 1.82) is 0 Å². The number of cyclic esters (lactones) is 1. The van der Waals surface area contributed by atoms with Gasteiger partial charge in [-0.25, -0.2) is 0 Å². The van der Waals surface area contributed by atoms with E-state index in [1.807, 2.05) is 6.08 Å². The van der Waals surface area contributed by atoms with Crippen LogP contribution in [0.25, 0.3) is 0 Å². The van der Waals surface area contributed by atoms with Crippen LogP contribution in [0.1, 0.15) is 6.42 Å². The van der Waals surface area contributed by atoms with E-state index in [1.165, 1.54) is 0 Å². The summed E-state index contributed by atoms with van der Waals surface area (Å²) in [6, 6.07) is 0. The minimum absolute atomic E-state index is 0.0247. The molecule has 2 rings (SSSR count). The highest BCUT2D eigenvalue weighted by molar-refractivity contribution is 5.74. The van der Waals surface area contributed by atoms with Crippen LogP contribution in [-0.4, -0.2) is 36.0 Å². The molecule has 3 atom stereocenters. The number of hydrogen-bond acceptors (Lipinski definition) is 4. The summed E-state index contributed by atoms with van der Waals surface area (Å²) in [5.41, 5.74) is 0.945. The zero-order valence-corrected chi connectivity index (χ0v) is 7.85. The van der Waals surface area contributed by atoms with Gasteiger partial charge in [-0.2, -0.15) is 0 Å². The number of fused-ring (bicyclic) bond motifs is 1. The van der Waals surface area contributed by atoms with Crippen LogP contribution in [0.4, 0.5) is 0 Å². The third-order valence-electron chi connectivity index (χ3n) is 3.25. The molecule has 0 spiro atoms. The Hall–Kier alpha value is -0.870. The highest BCUT2D eigenvalue weighted by Gasteiger charge is 2.43. The van der Waals surface area contributed by atoms with Gasteiger partial charge >= 0.3 is 5.97 Å². The number of carbonyl (C=O) groups is 1. The van der Waals surface area contributed by atoms with Crippen LogP contribution in [0.2, 0.25) is 0 Å². The predicted molar refractivity (Wildman–Crippen MR) is 48.3 cm³/mol. The second kappa shape index (κ2) is 3.71. The molecule has 14 heavy (non-hydrogen) atoms. The molecule has 0 aromatic rings. The molecule has 0 aromatic heterocycles. The average Bonchev–Trinajstić information content (AvgIpc) is 2.60. The van der Waals surface area contributed by atoms with Gasteiger partial charge in [0.2, 0.25) is 0 Å². The van der Waals surface area contributed by atoms with Crippen molar-refractivity contribution >= 4 is 5.97 Å². The molecule has 0 aromatic carbocycles. The van der Waals surface area contributed by atoms with Crippen molar-refractivity contribution < 1.29 is 19.7 Å². The van der Waals surface area contributed by atoms with Crippen LogP contribution >= 0.6 is 0 Å². The van der Waals surface area contributed by atoms with Gasteiger partial charge in [0.25, 0.3) is 0 Å². The van der Waals surface area contributed by atoms with Crippen LogP contribution in [0, 0.1) is 17.8 Å². The molecule has 4 heteroatoms. The van der Waals surface area contributed by atoms with Crippen molar-refractivity contribution in [1.82, 2.24) is 0 Å². The van der Waals surface area contributed by atoms with Gasteiger partial charge in [-0.15, -0.1) is 0 Å². The molecule has 1 fully saturated rings. The van der Waals surface area contributed by atoms with Gasteiger partial charge in [-0.3, -0.25) is 4.79 Å². The maximum atomic E-state index is 11.3. The van der Waals surface area contributed by atoms with E-state index < -0.39 is 5.92 Å². The predicted octanol–water partition coefficient (Wildman–Crippen LogP) is -0.294. The first-order valence-electron chi connectivity index (χ1n) is 4.85. The second-order valence-electron chi connectivity index (χ2n) is 3.86. The Labute approximate surface area is 82.2 Å². The van der Waals surface area contributed by atoms with E-state index in [0.29, 0.717) is 6.61 Å². The lowest BCUT2D eigenvalue weighted by atomic mass is 9.80. The van der Waals surface area contributed by atoms with E-state index in [4.69, 9.17) is 14.9 Å². The largest absolute Gasteiger partial charge is 0.465 e. The standard InChI is InChI=1S/C10H14O4/c11-3-6-1-2-7-8(4-12)10(13)14-5-9(6)7/h1,7-9,11-12H,2-5H2. The molecule has 78 valence electrons. The van der Waals surface area contributed by atoms with Crippen molar-refractivity contribution in [2.75, 3.05) is 19.8 Å². The summed E-state index contributed by atoms with van der Waals surface area (Å²) in [5.74, 6) is -0.464. The Morgan fingerprint density at radius 1 is 1.50 bits per heavy atom. The number of aliphatic hydroxyl groups is 2. The molecular weight excluding hydrogens is 184 g/mol. The number of hydrogen-bond donors (Lipinski definition) is 2. The lowest BCUT2D eigenvalue weighted by Gasteiger charge is -2.32. The summed E-state index contributed by atoms with van der Waals surface area (Å²) in [6.45, 7) is 0.218. The van der Waals surface area contributed by atoms with Gasteiger partial charge in [-0.1, -0.05) is 6.08 Å². The first-order valence-corrected chi connectivity index (χ1v) is 4.85. The zero-order valence-electron chi connectivity index (χ0n) is 7.85. The summed E-state index contributed by atoms with van der Waals surface area (Å²) >= 11 is 0. The van der Waals surface area contributed by atoms with Gasteiger partial charge in [0.1, 0.15) is 0 Å². The highest BCUT2D eigenvalue weighted by Crippen LogP contribution is 2.40. The van der Waals surface area contributed by atoms with E-state index in [-0.39, 0.29) is 31.0 Å². The van der Waals surface area contributed by atoms with Crippen molar-refractivity contribution in [3.05, 3.63) is 11.6 Å². The van der Waals surface area contributed by atoms with Crippen LogP contribution < -0.4 is 0 Å². The fourth-order valence-corrected chi connectivity index (χ4v) is 2.40. The summed E-state index contributed by atoms with van der Waals surface area (Å²) in [5, 5.41) is 18.1. The Morgan fingerprint density at radius 2 is 2.29 bits per heavy atom. The minimum Gasteiger partial charge on any atom is -0.465 e. The number of ether oxygens (including phenoxy) is 1. The Bertz CT molecular complexity index is 271. The molecule has 0 radical (unpaired) electrons. The molecule has 4 nitrogen and oxygen atoms in total. The lowest BCUT2D eigenvalue weighted by molar-refractivity contribution is -0.161. The monoisotopic (exact) mass is 198 g/mol. The van der Waals surface area contributed by atoms with Gasteiger partial charge in [0.05, 0.1) is 25.7 Å². The van der Waals surface area contributed by atoms with E-state index >= 15 is 0 Å². The average molecular weight is 198 g/mol. The molecule has 2 aliphatic rings. The molecule has 0 saturated carbocycles. The zero-order chi connectivity index (χ0) is 10.1. The SMILES string of the molecule is O=C1OCC2C(CO)=CCC2C1CO. The summed E-state index contributed by atoms with van der Waals surface area (Å²) in [4.78, 5) is 11.3. The third kappa shape index (κ3) is 1.35. The molecule has 0 amide bonds. The maximum Gasteiger partial charge on any atom is 0.311 e. The molecule has 0 bridgehead atoms. The van der Waals surface area contributed by atoms with E-state index in [2.05, 4.69) is 0 Å². The van der Waals surface area contributed by atoms with Gasteiger partial charge in [0, 0.05) is 5.92 Å². The smallest absolute Gasteiger partial charge is 0.311 e. The molecule has 1 saturated heterocycles. The molecule has 2 N–H and O–H groups in total. The number of carbonyl (C=O) groups excluding carboxylic acids is 1. The Morgan fingerprint density at radius 3 is 2.93 bits per heavy atom. The van der Waals surface area contributed by atoms with Crippen LogP contribution in [-0.2, 0) is 9.53 Å². The molecule has 1 aliphatic carbocycles. The van der Waals surface area contributed by atoms with Crippen molar-refractivity contribution in [2.24, 2.45) is 17.8 Å². The van der Waals surface area contributed by atoms with Crippen LogP contribution in [0.5, 0.6) is 0 Å². The Balaban J connectivity index is 2.15. The molecule has 1 heterocycles. The fourth-order valence-electron chi connectivity index (χ4n) is 2.40. The highest BCUT2D eigenvalue weighted by atomic mass is 16.5. The molecular formula is C10H14O4. The van der Waals surface area contributed by atoms with E-state index in [1.54, 1.807) is 0 Å². The van der Waals surface area contributed by atoms with Crippen molar-refractivity contribution in [3.63, 3.8) is 0 Å². The van der Waals surface area contributed by atoms with Crippen LogP contribution in [0.15, 0.2) is 11.6 Å². The maximum absolute atomic E-state index is 11.3. The van der Waals surface area contributed by atoms with Gasteiger partial charge in [0.15, 0.2) is 0 Å². The minimum atomic E-state index is -0.408. The normalized spacial score (nSPS) is 36.3. The summed E-state index contributed by atoms with van der Waals surface area (Å²) in [6.07, 6.45) is 2.72. The van der Waals surface area contributed by atoms with Crippen molar-refractivity contribution in [2.45, 2.75) is 6.42 Å². The van der Waals surface area contributed by atoms with Gasteiger partial charge in [-0.05, 0) is 17.9 Å². The number of esters is 1. The Kier molecular flexibility index (Phi) is 2.56. The first kappa shape index (κ1) is 9.68. The first-order chi connectivity index (χ1) is 6.77. The molecule has 3 unspecified atom stereocenters. The van der Waals surface area contributed by atoms with Crippen molar-refractivity contribution in [3.8, 4) is 0 Å². The topological polar surface area (TPSA) is 66.8 Å².